The van der Waals surface area contributed by atoms with E-state index in [1.54, 1.807) is 18.3 Å². The Morgan fingerprint density at radius 1 is 1.54 bits per heavy atom. The lowest BCUT2D eigenvalue weighted by Gasteiger charge is -2.14. The van der Waals surface area contributed by atoms with Crippen molar-refractivity contribution in [3.8, 4) is 0 Å². The number of halogens is 1. The molecule has 0 atom stereocenters. The van der Waals surface area contributed by atoms with Gasteiger partial charge in [0.1, 0.15) is 6.67 Å². The highest BCUT2D eigenvalue weighted by Gasteiger charge is 2.13. The summed E-state index contributed by atoms with van der Waals surface area (Å²) in [6.07, 6.45) is 1.73. The lowest BCUT2D eigenvalue weighted by Crippen LogP contribution is -2.11. The molecule has 0 amide bonds. The predicted octanol–water partition coefficient (Wildman–Crippen LogP) is 1.87. The molecule has 0 aliphatic carbocycles. The van der Waals surface area contributed by atoms with E-state index >= 15 is 0 Å². The van der Waals surface area contributed by atoms with Crippen LogP contribution in [0, 0.1) is 0 Å². The second-order valence-electron chi connectivity index (χ2n) is 2.69. The van der Waals surface area contributed by atoms with E-state index in [9.17, 15) is 4.79 Å². The van der Waals surface area contributed by atoms with E-state index < -0.39 is 5.24 Å². The second kappa shape index (κ2) is 3.18. The third kappa shape index (κ3) is 1.42. The number of para-hydroxylation sites is 1. The van der Waals surface area contributed by atoms with Crippen molar-refractivity contribution in [1.29, 1.82) is 0 Å². The largest absolute Gasteiger partial charge is 0.365 e. The molecule has 1 aromatic rings. The van der Waals surface area contributed by atoms with Crippen molar-refractivity contribution in [2.24, 2.45) is 4.99 Å². The zero-order valence-electron chi connectivity index (χ0n) is 6.75. The molecule has 0 unspecified atom stereocenters. The van der Waals surface area contributed by atoms with Gasteiger partial charge >= 0.3 is 0 Å². The highest BCUT2D eigenvalue weighted by Crippen LogP contribution is 2.23. The zero-order valence-corrected chi connectivity index (χ0v) is 7.51. The molecule has 0 spiro atoms. The van der Waals surface area contributed by atoms with Crippen molar-refractivity contribution in [3.05, 3.63) is 29.3 Å². The van der Waals surface area contributed by atoms with Gasteiger partial charge in [-0.2, -0.15) is 0 Å². The van der Waals surface area contributed by atoms with Crippen molar-refractivity contribution in [1.82, 2.24) is 0 Å². The molecule has 0 saturated heterocycles. The molecule has 0 radical (unpaired) electrons. The lowest BCUT2D eigenvalue weighted by molar-refractivity contribution is 0.108. The Kier molecular flexibility index (Phi) is 2.02. The maximum Gasteiger partial charge on any atom is 0.254 e. The maximum absolute atomic E-state index is 11.0. The van der Waals surface area contributed by atoms with E-state index in [2.05, 4.69) is 10.3 Å². The average Bonchev–Trinajstić information content (AvgIpc) is 2.17. The summed E-state index contributed by atoms with van der Waals surface area (Å²) < 4.78 is 0. The molecule has 1 aromatic carbocycles. The van der Waals surface area contributed by atoms with Gasteiger partial charge < -0.3 is 5.32 Å². The van der Waals surface area contributed by atoms with Gasteiger partial charge in [0.05, 0.1) is 11.3 Å². The molecule has 4 heteroatoms. The number of anilines is 1. The van der Waals surface area contributed by atoms with Gasteiger partial charge in [0, 0.05) is 11.8 Å². The molecule has 1 aliphatic heterocycles. The summed E-state index contributed by atoms with van der Waals surface area (Å²) in [6, 6.07) is 5.36. The van der Waals surface area contributed by atoms with Crippen LogP contribution < -0.4 is 5.32 Å². The summed E-state index contributed by atoms with van der Waals surface area (Å²) in [5.41, 5.74) is 2.18. The number of nitrogens with one attached hydrogen (secondary N) is 1. The van der Waals surface area contributed by atoms with Crippen molar-refractivity contribution in [2.75, 3.05) is 12.0 Å². The maximum atomic E-state index is 11.0. The van der Waals surface area contributed by atoms with Gasteiger partial charge in [-0.1, -0.05) is 12.1 Å². The molecule has 1 aliphatic rings. The number of rotatable bonds is 1. The number of benzene rings is 1. The molecule has 2 rings (SSSR count). The monoisotopic (exact) mass is 194 g/mol. The summed E-state index contributed by atoms with van der Waals surface area (Å²) in [4.78, 5) is 15.0. The summed E-state index contributed by atoms with van der Waals surface area (Å²) in [6.45, 7) is 0.494. The molecule has 3 nitrogen and oxygen atoms in total. The van der Waals surface area contributed by atoms with Crippen molar-refractivity contribution >= 4 is 28.7 Å². The van der Waals surface area contributed by atoms with E-state index in [-0.39, 0.29) is 0 Å². The molecule has 1 N–H and O–H groups in total. The van der Waals surface area contributed by atoms with Gasteiger partial charge in [0.25, 0.3) is 5.24 Å². The molecule has 0 saturated carbocycles. The van der Waals surface area contributed by atoms with Crippen LogP contribution in [0.5, 0.6) is 0 Å². The standard InChI is InChI=1S/C9H7ClN2O/c10-9(13)7-3-1-2-6-4-11-5-12-8(6)7/h1-4,12H,5H2. The lowest BCUT2D eigenvalue weighted by atomic mass is 10.1. The number of nitrogens with zero attached hydrogens (tertiary/aromatic N) is 1. The van der Waals surface area contributed by atoms with E-state index in [1.165, 1.54) is 0 Å². The number of carbonyl (C=O) groups excluding carboxylic acids is 1. The third-order valence-electron chi connectivity index (χ3n) is 1.89. The number of aliphatic imine (C=N–C) groups is 1. The molecular weight excluding hydrogens is 188 g/mol. The smallest absolute Gasteiger partial charge is 0.254 e. The van der Waals surface area contributed by atoms with Crippen LogP contribution in [0.4, 0.5) is 5.69 Å². The summed E-state index contributed by atoms with van der Waals surface area (Å²) in [5.74, 6) is 0. The molecule has 13 heavy (non-hydrogen) atoms. The Labute approximate surface area is 80.4 Å². The van der Waals surface area contributed by atoms with Crippen LogP contribution in [0.3, 0.4) is 0 Å². The Morgan fingerprint density at radius 2 is 2.38 bits per heavy atom. The van der Waals surface area contributed by atoms with Crippen LogP contribution in [0.25, 0.3) is 0 Å². The first-order valence-electron chi connectivity index (χ1n) is 3.85. The number of carbonyl (C=O) groups is 1. The number of fused-ring (bicyclic) bond motifs is 1. The van der Waals surface area contributed by atoms with Gasteiger partial charge in [-0.05, 0) is 17.7 Å². The van der Waals surface area contributed by atoms with Gasteiger partial charge in [-0.3, -0.25) is 9.79 Å². The molecule has 0 fully saturated rings. The van der Waals surface area contributed by atoms with E-state index in [0.29, 0.717) is 12.2 Å². The van der Waals surface area contributed by atoms with Crippen LogP contribution in [0.15, 0.2) is 23.2 Å². The fraction of sp³-hybridized carbons (Fsp3) is 0.111. The third-order valence-corrected chi connectivity index (χ3v) is 2.09. The van der Waals surface area contributed by atoms with Crippen molar-refractivity contribution < 1.29 is 4.79 Å². The summed E-state index contributed by atoms with van der Waals surface area (Å²) in [5, 5.41) is 2.56. The number of hydrogen-bond donors (Lipinski definition) is 1. The van der Waals surface area contributed by atoms with Crippen molar-refractivity contribution in [3.63, 3.8) is 0 Å². The van der Waals surface area contributed by atoms with Crippen LogP contribution >= 0.6 is 11.6 Å². The van der Waals surface area contributed by atoms with E-state index in [4.69, 9.17) is 11.6 Å². The first-order valence-corrected chi connectivity index (χ1v) is 4.23. The summed E-state index contributed by atoms with van der Waals surface area (Å²) in [7, 11) is 0. The fourth-order valence-corrected chi connectivity index (χ4v) is 1.47. The molecule has 0 aromatic heterocycles. The minimum absolute atomic E-state index is 0.445. The van der Waals surface area contributed by atoms with Crippen LogP contribution in [0.1, 0.15) is 15.9 Å². The van der Waals surface area contributed by atoms with Crippen LogP contribution in [-0.2, 0) is 0 Å². The highest BCUT2D eigenvalue weighted by molar-refractivity contribution is 6.68. The first kappa shape index (κ1) is 8.26. The average molecular weight is 195 g/mol. The quantitative estimate of drug-likeness (QED) is 0.694. The molecule has 0 bridgehead atoms. The first-order chi connectivity index (χ1) is 6.29. The topological polar surface area (TPSA) is 41.5 Å². The Balaban J connectivity index is 2.59. The zero-order chi connectivity index (χ0) is 9.26. The SMILES string of the molecule is O=C(Cl)c1cccc2c1NCN=C2. The van der Waals surface area contributed by atoms with Crippen LogP contribution in [0.2, 0.25) is 0 Å². The van der Waals surface area contributed by atoms with E-state index in [0.717, 1.165) is 11.3 Å². The Bertz CT molecular complexity index is 387. The van der Waals surface area contributed by atoms with Crippen LogP contribution in [-0.4, -0.2) is 18.1 Å². The number of hydrogen-bond acceptors (Lipinski definition) is 3. The molecule has 1 heterocycles. The second-order valence-corrected chi connectivity index (χ2v) is 3.03. The minimum Gasteiger partial charge on any atom is -0.365 e. The molecule has 66 valence electrons. The fourth-order valence-electron chi connectivity index (χ4n) is 1.31. The van der Waals surface area contributed by atoms with Gasteiger partial charge in [0.15, 0.2) is 0 Å². The van der Waals surface area contributed by atoms with Gasteiger partial charge in [0.2, 0.25) is 0 Å². The Morgan fingerprint density at radius 3 is 3.15 bits per heavy atom. The summed E-state index contributed by atoms with van der Waals surface area (Å²) >= 11 is 5.42. The van der Waals surface area contributed by atoms with Gasteiger partial charge in [-0.25, -0.2) is 0 Å². The normalized spacial score (nSPS) is 13.3. The Hall–Kier alpha value is -1.35. The van der Waals surface area contributed by atoms with E-state index in [1.807, 2.05) is 6.07 Å². The predicted molar refractivity (Wildman–Crippen MR) is 52.7 cm³/mol. The highest BCUT2D eigenvalue weighted by atomic mass is 35.5. The molecular formula is C9H7ClN2O. The minimum atomic E-state index is -0.445. The van der Waals surface area contributed by atoms with Gasteiger partial charge in [-0.15, -0.1) is 0 Å². The van der Waals surface area contributed by atoms with Crippen molar-refractivity contribution in [2.45, 2.75) is 0 Å².